The highest BCUT2D eigenvalue weighted by atomic mass is 32.2. The van der Waals surface area contributed by atoms with Crippen molar-refractivity contribution in [3.05, 3.63) is 54.2 Å². The summed E-state index contributed by atoms with van der Waals surface area (Å²) >= 11 is 1.57. The lowest BCUT2D eigenvalue weighted by molar-refractivity contribution is -0.126. The topological polar surface area (TPSA) is 62.3 Å². The summed E-state index contributed by atoms with van der Waals surface area (Å²) in [6, 6.07) is 13.5. The molecule has 2 aromatic rings. The second kappa shape index (κ2) is 11.7. The van der Waals surface area contributed by atoms with Gasteiger partial charge in [0.05, 0.1) is 5.92 Å². The minimum absolute atomic E-state index is 0.00447. The Balaban J connectivity index is 1.51. The number of piperidine rings is 1. The maximum atomic E-state index is 12.9. The average Bonchev–Trinajstić information content (AvgIpc) is 2.79. The first-order valence-electron chi connectivity index (χ1n) is 10.9. The summed E-state index contributed by atoms with van der Waals surface area (Å²) in [5.41, 5.74) is 0.668. The molecule has 160 valence electrons. The zero-order chi connectivity index (χ0) is 21.2. The Morgan fingerprint density at radius 1 is 1.13 bits per heavy atom. The molecule has 1 aliphatic rings. The highest BCUT2D eigenvalue weighted by molar-refractivity contribution is 7.99. The number of benzene rings is 1. The first kappa shape index (κ1) is 22.3. The van der Waals surface area contributed by atoms with Crippen molar-refractivity contribution in [2.75, 3.05) is 19.6 Å². The van der Waals surface area contributed by atoms with Gasteiger partial charge in [-0.1, -0.05) is 44.0 Å². The molecule has 1 aliphatic heterocycles. The number of carbonyl (C=O) groups is 2. The van der Waals surface area contributed by atoms with Crippen LogP contribution in [0.25, 0.3) is 0 Å². The second-order valence-electron chi connectivity index (χ2n) is 7.74. The molecule has 30 heavy (non-hydrogen) atoms. The Hall–Kier alpha value is -2.34. The fourth-order valence-electron chi connectivity index (χ4n) is 3.66. The van der Waals surface area contributed by atoms with Gasteiger partial charge in [-0.3, -0.25) is 9.59 Å². The Bertz CT molecular complexity index is 811. The van der Waals surface area contributed by atoms with Gasteiger partial charge in [0.1, 0.15) is 5.03 Å². The molecule has 1 unspecified atom stereocenters. The molecule has 0 aliphatic carbocycles. The molecule has 0 saturated carbocycles. The average molecular weight is 426 g/mol. The van der Waals surface area contributed by atoms with Gasteiger partial charge in [-0.2, -0.15) is 0 Å². The summed E-state index contributed by atoms with van der Waals surface area (Å²) in [5, 5.41) is 3.98. The highest BCUT2D eigenvalue weighted by Crippen LogP contribution is 2.26. The first-order valence-corrected chi connectivity index (χ1v) is 11.7. The van der Waals surface area contributed by atoms with Crippen LogP contribution in [0, 0.1) is 5.92 Å². The number of amides is 2. The smallest absolute Gasteiger partial charge is 0.253 e. The van der Waals surface area contributed by atoms with Crippen LogP contribution in [0.2, 0.25) is 0 Å². The molecule has 2 amide bonds. The van der Waals surface area contributed by atoms with E-state index in [0.717, 1.165) is 42.1 Å². The molecule has 1 aromatic carbocycles. The van der Waals surface area contributed by atoms with Gasteiger partial charge in [0.2, 0.25) is 5.91 Å². The quantitative estimate of drug-likeness (QED) is 0.587. The Kier molecular flexibility index (Phi) is 8.75. The molecule has 6 heteroatoms. The molecule has 3 rings (SSSR count). The van der Waals surface area contributed by atoms with Crippen LogP contribution < -0.4 is 5.32 Å². The van der Waals surface area contributed by atoms with Crippen molar-refractivity contribution in [1.82, 2.24) is 15.2 Å². The number of aromatic nitrogens is 1. The third kappa shape index (κ3) is 6.59. The molecule has 1 atom stereocenters. The van der Waals surface area contributed by atoms with Crippen LogP contribution in [0.3, 0.4) is 0 Å². The molecule has 0 radical (unpaired) electrons. The molecule has 1 N–H and O–H groups in total. The number of rotatable bonds is 9. The lowest BCUT2D eigenvalue weighted by Crippen LogP contribution is -2.45. The van der Waals surface area contributed by atoms with Crippen LogP contribution in [-0.4, -0.2) is 41.3 Å². The number of likely N-dealkylation sites (tertiary alicyclic amines) is 1. The van der Waals surface area contributed by atoms with Crippen molar-refractivity contribution in [2.45, 2.75) is 55.4 Å². The largest absolute Gasteiger partial charge is 0.356 e. The maximum Gasteiger partial charge on any atom is 0.253 e. The third-order valence-corrected chi connectivity index (χ3v) is 6.33. The van der Waals surface area contributed by atoms with Crippen molar-refractivity contribution in [3.8, 4) is 0 Å². The zero-order valence-electron chi connectivity index (χ0n) is 17.7. The standard InChI is InChI=1S/C24H31N3O2S/c1-2-3-4-6-16-26-23(28)20-9-8-17-27(18-20)24(29)19-11-13-21(14-12-19)30-22-10-5-7-15-25-22/h5,7,10-15,20H,2-4,6,8-9,16-18H2,1H3,(H,26,28). The SMILES string of the molecule is CCCCCCNC(=O)C1CCCN(C(=O)c2ccc(Sc3ccccn3)cc2)C1. The number of hydrogen-bond donors (Lipinski definition) is 1. The van der Waals surface area contributed by atoms with Crippen molar-refractivity contribution < 1.29 is 9.59 Å². The van der Waals surface area contributed by atoms with Crippen LogP contribution >= 0.6 is 11.8 Å². The van der Waals surface area contributed by atoms with E-state index >= 15 is 0 Å². The number of nitrogens with zero attached hydrogens (tertiary/aromatic N) is 2. The number of pyridine rings is 1. The van der Waals surface area contributed by atoms with Crippen molar-refractivity contribution in [2.24, 2.45) is 5.92 Å². The van der Waals surface area contributed by atoms with Crippen LogP contribution in [0.4, 0.5) is 0 Å². The molecule has 0 spiro atoms. The van der Waals surface area contributed by atoms with E-state index in [0.29, 0.717) is 18.7 Å². The van der Waals surface area contributed by atoms with E-state index in [2.05, 4.69) is 17.2 Å². The van der Waals surface area contributed by atoms with E-state index in [1.165, 1.54) is 12.8 Å². The normalized spacial score (nSPS) is 16.3. The summed E-state index contributed by atoms with van der Waals surface area (Å²) in [7, 11) is 0. The fraction of sp³-hybridized carbons (Fsp3) is 0.458. The molecule has 5 nitrogen and oxygen atoms in total. The number of hydrogen-bond acceptors (Lipinski definition) is 4. The molecule has 1 saturated heterocycles. The Labute approximate surface area is 183 Å². The van der Waals surface area contributed by atoms with E-state index in [1.807, 2.05) is 47.4 Å². The minimum Gasteiger partial charge on any atom is -0.356 e. The summed E-state index contributed by atoms with van der Waals surface area (Å²) in [5.74, 6) is -0.0104. The van der Waals surface area contributed by atoms with Gasteiger partial charge in [-0.25, -0.2) is 4.98 Å². The number of unbranched alkanes of at least 4 members (excludes halogenated alkanes) is 3. The summed E-state index contributed by atoms with van der Waals surface area (Å²) < 4.78 is 0. The van der Waals surface area contributed by atoms with Gasteiger partial charge in [0, 0.05) is 36.3 Å². The van der Waals surface area contributed by atoms with Crippen LogP contribution in [0.5, 0.6) is 0 Å². The molecule has 2 heterocycles. The molecule has 1 aromatic heterocycles. The number of carbonyl (C=O) groups excluding carboxylic acids is 2. The van der Waals surface area contributed by atoms with Crippen molar-refractivity contribution in [3.63, 3.8) is 0 Å². The van der Waals surface area contributed by atoms with Gasteiger partial charge < -0.3 is 10.2 Å². The Morgan fingerprint density at radius 3 is 2.70 bits per heavy atom. The summed E-state index contributed by atoms with van der Waals surface area (Å²) in [4.78, 5) is 32.6. The Morgan fingerprint density at radius 2 is 1.97 bits per heavy atom. The fourth-order valence-corrected chi connectivity index (χ4v) is 4.43. The predicted octanol–water partition coefficient (Wildman–Crippen LogP) is 4.78. The monoisotopic (exact) mass is 425 g/mol. The summed E-state index contributed by atoms with van der Waals surface area (Å²) in [6.07, 6.45) is 8.07. The van der Waals surface area contributed by atoms with E-state index in [1.54, 1.807) is 18.0 Å². The van der Waals surface area contributed by atoms with Gasteiger partial charge in [-0.15, -0.1) is 0 Å². The molecule has 0 bridgehead atoms. The number of nitrogens with one attached hydrogen (secondary N) is 1. The van der Waals surface area contributed by atoms with E-state index in [4.69, 9.17) is 0 Å². The van der Waals surface area contributed by atoms with Crippen molar-refractivity contribution >= 4 is 23.6 Å². The summed E-state index contributed by atoms with van der Waals surface area (Å²) in [6.45, 7) is 4.13. The minimum atomic E-state index is -0.104. The zero-order valence-corrected chi connectivity index (χ0v) is 18.5. The van der Waals surface area contributed by atoms with Gasteiger partial charge in [0.25, 0.3) is 5.91 Å². The van der Waals surface area contributed by atoms with E-state index in [9.17, 15) is 9.59 Å². The maximum absolute atomic E-state index is 12.9. The van der Waals surface area contributed by atoms with E-state index in [-0.39, 0.29) is 17.7 Å². The van der Waals surface area contributed by atoms with E-state index < -0.39 is 0 Å². The highest BCUT2D eigenvalue weighted by Gasteiger charge is 2.28. The van der Waals surface area contributed by atoms with Crippen LogP contribution in [0.15, 0.2) is 58.6 Å². The second-order valence-corrected chi connectivity index (χ2v) is 8.83. The molecule has 1 fully saturated rings. The lowest BCUT2D eigenvalue weighted by Gasteiger charge is -2.32. The van der Waals surface area contributed by atoms with Gasteiger partial charge >= 0.3 is 0 Å². The molecular formula is C24H31N3O2S. The van der Waals surface area contributed by atoms with Gasteiger partial charge in [0.15, 0.2) is 0 Å². The van der Waals surface area contributed by atoms with Crippen LogP contribution in [-0.2, 0) is 4.79 Å². The third-order valence-electron chi connectivity index (χ3n) is 5.37. The lowest BCUT2D eigenvalue weighted by atomic mass is 9.96. The van der Waals surface area contributed by atoms with Crippen molar-refractivity contribution in [1.29, 1.82) is 0 Å². The van der Waals surface area contributed by atoms with Gasteiger partial charge in [-0.05, 0) is 55.7 Å². The first-order chi connectivity index (χ1) is 14.7. The predicted molar refractivity (Wildman–Crippen MR) is 121 cm³/mol. The molecular weight excluding hydrogens is 394 g/mol. The van der Waals surface area contributed by atoms with Crippen LogP contribution in [0.1, 0.15) is 55.8 Å².